The summed E-state index contributed by atoms with van der Waals surface area (Å²) in [4.78, 5) is 0. The van der Waals surface area contributed by atoms with Crippen LogP contribution in [0.2, 0.25) is 0 Å². The van der Waals surface area contributed by atoms with E-state index in [0.29, 0.717) is 0 Å². The van der Waals surface area contributed by atoms with Crippen LogP contribution >= 0.6 is 0 Å². The molecule has 13 heavy (non-hydrogen) atoms. The fraction of sp³-hybridized carbons (Fsp3) is 0.500. The fourth-order valence-corrected chi connectivity index (χ4v) is 5.53. The Morgan fingerprint density at radius 3 is 1.00 bits per heavy atom. The van der Waals surface area contributed by atoms with Gasteiger partial charge in [-0.3, -0.25) is 0 Å². The summed E-state index contributed by atoms with van der Waals surface area (Å²) < 4.78 is 3.45. The van der Waals surface area contributed by atoms with Gasteiger partial charge in [0.25, 0.3) is 0 Å². The SMILES string of the molecule is C[C]1=C(C)C(C)=[C](C)[Bi]1.[Cl-].[Cl-].[Cl-].[Zr+3]. The molecule has 0 saturated carbocycles. The number of halogens is 3. The summed E-state index contributed by atoms with van der Waals surface area (Å²) in [6.07, 6.45) is 0. The van der Waals surface area contributed by atoms with Gasteiger partial charge in [0.05, 0.1) is 0 Å². The van der Waals surface area contributed by atoms with Crippen LogP contribution in [0, 0.1) is 0 Å². The fourth-order valence-electron chi connectivity index (χ4n) is 0.962. The van der Waals surface area contributed by atoms with Crippen molar-refractivity contribution in [2.75, 3.05) is 0 Å². The molecular weight excluding hydrogens is 503 g/mol. The topological polar surface area (TPSA) is 0 Å². The average molecular weight is 515 g/mol. The van der Waals surface area contributed by atoms with E-state index in [-0.39, 0.29) is 86.7 Å². The molecule has 0 aromatic carbocycles. The van der Waals surface area contributed by atoms with Gasteiger partial charge in [-0.15, -0.1) is 0 Å². The third-order valence-electron chi connectivity index (χ3n) is 1.98. The van der Waals surface area contributed by atoms with E-state index in [1.54, 1.807) is 17.7 Å². The van der Waals surface area contributed by atoms with Crippen LogP contribution in [0.5, 0.6) is 0 Å². The van der Waals surface area contributed by atoms with Gasteiger partial charge in [-0.2, -0.15) is 0 Å². The zero-order valence-corrected chi connectivity index (χ0v) is 16.3. The molecule has 1 aliphatic rings. The van der Waals surface area contributed by atoms with Gasteiger partial charge in [-0.25, -0.2) is 0 Å². The van der Waals surface area contributed by atoms with E-state index in [1.807, 2.05) is 0 Å². The van der Waals surface area contributed by atoms with Crippen molar-refractivity contribution in [2.24, 2.45) is 0 Å². The molecule has 0 aromatic heterocycles. The molecule has 0 aliphatic carbocycles. The van der Waals surface area contributed by atoms with Crippen LogP contribution < -0.4 is 37.2 Å². The molecule has 0 bridgehead atoms. The van der Waals surface area contributed by atoms with Crippen molar-refractivity contribution in [3.05, 3.63) is 17.7 Å². The molecule has 5 heteroatoms. The maximum absolute atomic E-state index is 2.30. The molecule has 1 aliphatic heterocycles. The number of rotatable bonds is 0. The quantitative estimate of drug-likeness (QED) is 0.282. The summed E-state index contributed by atoms with van der Waals surface area (Å²) in [6.45, 7) is 9.10. The Morgan fingerprint density at radius 1 is 0.692 bits per heavy atom. The van der Waals surface area contributed by atoms with Crippen LogP contribution in [0.3, 0.4) is 0 Å². The predicted octanol–water partition coefficient (Wildman–Crippen LogP) is -6.70. The molecule has 74 valence electrons. The van der Waals surface area contributed by atoms with Gasteiger partial charge in [-0.05, 0) is 0 Å². The van der Waals surface area contributed by atoms with E-state index >= 15 is 0 Å². The number of allylic oxidation sites excluding steroid dienone is 4. The second kappa shape index (κ2) is 10.6. The Balaban J connectivity index is -0.000000101. The average Bonchev–Trinajstić information content (AvgIpc) is 1.98. The van der Waals surface area contributed by atoms with Crippen LogP contribution in [-0.2, 0) is 26.2 Å². The maximum atomic E-state index is 2.30. The summed E-state index contributed by atoms with van der Waals surface area (Å²) in [5.74, 6) is 0. The second-order valence-electron chi connectivity index (χ2n) is 2.53. The number of hydrogen-bond donors (Lipinski definition) is 0. The summed E-state index contributed by atoms with van der Waals surface area (Å²) in [6, 6.07) is 0. The van der Waals surface area contributed by atoms with Crippen molar-refractivity contribution in [1.29, 1.82) is 0 Å². The number of hydrogen-bond acceptors (Lipinski definition) is 0. The maximum Gasteiger partial charge on any atom is 3.00 e. The molecule has 0 atom stereocenters. The van der Waals surface area contributed by atoms with Crippen molar-refractivity contribution in [3.8, 4) is 0 Å². The minimum atomic E-state index is -0.289. The second-order valence-corrected chi connectivity index (χ2v) is 8.62. The first-order chi connectivity index (χ1) is 4.13. The van der Waals surface area contributed by atoms with Gasteiger partial charge in [0, 0.05) is 0 Å². The van der Waals surface area contributed by atoms with Crippen LogP contribution in [0.15, 0.2) is 17.7 Å². The Labute approximate surface area is 130 Å². The summed E-state index contributed by atoms with van der Waals surface area (Å²) in [5.41, 5.74) is 3.17. The van der Waals surface area contributed by atoms with Crippen molar-refractivity contribution in [1.82, 2.24) is 0 Å². The third kappa shape index (κ3) is 6.31. The first-order valence-corrected chi connectivity index (χ1v) is 6.67. The Kier molecular flexibility index (Phi) is 19.9. The van der Waals surface area contributed by atoms with Crippen molar-refractivity contribution in [3.63, 3.8) is 0 Å². The molecule has 2 radical (unpaired) electrons. The van der Waals surface area contributed by atoms with Gasteiger partial charge < -0.3 is 37.2 Å². The third-order valence-corrected chi connectivity index (χ3v) is 7.20. The Morgan fingerprint density at radius 2 is 0.923 bits per heavy atom. The van der Waals surface area contributed by atoms with Gasteiger partial charge in [0.15, 0.2) is 0 Å². The first kappa shape index (κ1) is 24.4. The molecule has 1 heterocycles. The normalized spacial score (nSPS) is 13.8. The summed E-state index contributed by atoms with van der Waals surface area (Å²) in [5, 5.41) is 0. The molecule has 0 unspecified atom stereocenters. The molecule has 0 saturated heterocycles. The molecule has 0 amide bonds. The molecule has 0 aromatic rings. The standard InChI is InChI=1S/C8H12.Bi.3ClH.Zr/c1-5-7(3)8(4)6-2;;;;;/h1-4H3;;3*1H;/q;;;;;+3/p-3. The van der Waals surface area contributed by atoms with E-state index in [0.717, 1.165) is 0 Å². The zero-order valence-electron chi connectivity index (χ0n) is 8.08. The van der Waals surface area contributed by atoms with Crippen molar-refractivity contribution in [2.45, 2.75) is 27.7 Å². The predicted molar refractivity (Wildman–Crippen MR) is 42.5 cm³/mol. The molecule has 0 nitrogen and oxygen atoms in total. The van der Waals surface area contributed by atoms with Crippen molar-refractivity contribution < 1.29 is 63.4 Å². The van der Waals surface area contributed by atoms with Gasteiger partial charge in [-0.1, -0.05) is 0 Å². The van der Waals surface area contributed by atoms with E-state index in [1.165, 1.54) is 0 Å². The van der Waals surface area contributed by atoms with Crippen LogP contribution in [0.4, 0.5) is 0 Å². The smallest absolute Gasteiger partial charge is 1.00 e. The minimum absolute atomic E-state index is 0. The molecule has 0 spiro atoms. The van der Waals surface area contributed by atoms with Crippen LogP contribution in [-0.4, -0.2) is 23.2 Å². The summed E-state index contributed by atoms with van der Waals surface area (Å²) in [7, 11) is 0. The van der Waals surface area contributed by atoms with E-state index in [4.69, 9.17) is 0 Å². The van der Waals surface area contributed by atoms with Gasteiger partial charge >= 0.3 is 94.8 Å². The van der Waals surface area contributed by atoms with E-state index in [2.05, 4.69) is 27.7 Å². The molecule has 0 fully saturated rings. The summed E-state index contributed by atoms with van der Waals surface area (Å²) >= 11 is -0.289. The van der Waals surface area contributed by atoms with Gasteiger partial charge in [0.1, 0.15) is 0 Å². The monoisotopic (exact) mass is 512 g/mol. The van der Waals surface area contributed by atoms with Crippen LogP contribution in [0.25, 0.3) is 0 Å². The minimum Gasteiger partial charge on any atom is -1.00 e. The van der Waals surface area contributed by atoms with Crippen molar-refractivity contribution >= 4 is 23.2 Å². The van der Waals surface area contributed by atoms with E-state index in [9.17, 15) is 0 Å². The first-order valence-electron chi connectivity index (χ1n) is 3.20. The van der Waals surface area contributed by atoms with E-state index < -0.39 is 0 Å². The molecular formula is C8H12BiCl3Zr. The molecule has 0 N–H and O–H groups in total. The Bertz CT molecular complexity index is 189. The van der Waals surface area contributed by atoms with Crippen LogP contribution in [0.1, 0.15) is 27.7 Å². The van der Waals surface area contributed by atoms with Gasteiger partial charge in [0.2, 0.25) is 0 Å². The Hall–Kier alpha value is 2.12. The largest absolute Gasteiger partial charge is 3.00 e. The zero-order chi connectivity index (χ0) is 7.02. The molecule has 1 rings (SSSR count).